The predicted molar refractivity (Wildman–Crippen MR) is 70.5 cm³/mol. The summed E-state index contributed by atoms with van der Waals surface area (Å²) in [5.41, 5.74) is 6.81. The number of carbonyl (C=O) groups is 1. The first kappa shape index (κ1) is 12.2. The first-order valence-corrected chi connectivity index (χ1v) is 5.84. The number of fused-ring (bicyclic) bond motifs is 1. The van der Waals surface area contributed by atoms with Gasteiger partial charge in [0.05, 0.1) is 0 Å². The molecule has 1 amide bonds. The van der Waals surface area contributed by atoms with Crippen LogP contribution in [0.25, 0.3) is 22.0 Å². The number of hydrogen-bond acceptors (Lipinski definition) is 4. The molecule has 2 heterocycles. The molecule has 2 aromatic heterocycles. The summed E-state index contributed by atoms with van der Waals surface area (Å²) in [5, 5.41) is 3.84. The minimum Gasteiger partial charge on any atom is -0.364 e. The summed E-state index contributed by atoms with van der Waals surface area (Å²) < 4.78 is 13.5. The highest BCUT2D eigenvalue weighted by Gasteiger charge is 2.15. The van der Waals surface area contributed by atoms with E-state index in [0.29, 0.717) is 11.2 Å². The fourth-order valence-electron chi connectivity index (χ4n) is 1.99. The van der Waals surface area contributed by atoms with Crippen LogP contribution >= 0.6 is 0 Å². The molecule has 0 spiro atoms. The number of primary amides is 1. The first-order chi connectivity index (χ1) is 9.56. The predicted octanol–water partition coefficient (Wildman–Crippen LogP) is 1.63. The maximum Gasteiger partial charge on any atom is 0.269 e. The lowest BCUT2D eigenvalue weighted by Crippen LogP contribution is -2.12. The number of hydrogen-bond donors (Lipinski definition) is 1. The number of rotatable bonds is 2. The summed E-state index contributed by atoms with van der Waals surface area (Å²) in [7, 11) is 0. The van der Waals surface area contributed by atoms with E-state index in [9.17, 15) is 9.28 Å². The Kier molecular flexibility index (Phi) is 2.67. The van der Waals surface area contributed by atoms with Gasteiger partial charge < -0.3 is 5.73 Å². The molecule has 6 nitrogen and oxygen atoms in total. The molecule has 3 aromatic rings. The second-order valence-corrected chi connectivity index (χ2v) is 4.32. The van der Waals surface area contributed by atoms with Crippen LogP contribution in [0.3, 0.4) is 0 Å². The van der Waals surface area contributed by atoms with E-state index in [2.05, 4.69) is 15.1 Å². The van der Waals surface area contributed by atoms with E-state index in [-0.39, 0.29) is 16.1 Å². The van der Waals surface area contributed by atoms with E-state index in [1.807, 2.05) is 0 Å². The van der Waals surface area contributed by atoms with Crippen LogP contribution in [0.2, 0.25) is 0 Å². The van der Waals surface area contributed by atoms with Crippen molar-refractivity contribution in [2.75, 3.05) is 0 Å². The average Bonchev–Trinajstić information content (AvgIpc) is 2.77. The number of amides is 1. The quantitative estimate of drug-likeness (QED) is 0.767. The van der Waals surface area contributed by atoms with Crippen LogP contribution < -0.4 is 5.73 Å². The van der Waals surface area contributed by atoms with Crippen LogP contribution in [-0.4, -0.2) is 25.9 Å². The van der Waals surface area contributed by atoms with Gasteiger partial charge in [-0.25, -0.2) is 9.97 Å². The number of aromatic nitrogens is 4. The lowest BCUT2D eigenvalue weighted by atomic mass is 10.1. The topological polar surface area (TPSA) is 86.7 Å². The fourth-order valence-corrected chi connectivity index (χ4v) is 1.99. The molecular formula is C13H10FN5O. The molecule has 0 atom stereocenters. The Morgan fingerprint density at radius 3 is 2.60 bits per heavy atom. The van der Waals surface area contributed by atoms with Crippen molar-refractivity contribution in [3.05, 3.63) is 42.1 Å². The van der Waals surface area contributed by atoms with E-state index < -0.39 is 5.91 Å². The Balaban J connectivity index is 2.21. The Hall–Kier alpha value is -2.83. The standard InChI is InChI=1S/C13H10FN5O/c1-7-16-5-9(6-17-7)8-2-3-11-10(4-8)12(13(15)20)18-19(11)14/h2-6H,1H3,(H2,15,20). The van der Waals surface area contributed by atoms with E-state index in [1.165, 1.54) is 6.07 Å². The first-order valence-electron chi connectivity index (χ1n) is 5.84. The summed E-state index contributed by atoms with van der Waals surface area (Å²) in [6.45, 7) is 1.78. The van der Waals surface area contributed by atoms with Gasteiger partial charge in [-0.05, 0) is 24.6 Å². The molecule has 100 valence electrons. The van der Waals surface area contributed by atoms with Gasteiger partial charge in [-0.2, -0.15) is 0 Å². The molecule has 0 fully saturated rings. The lowest BCUT2D eigenvalue weighted by molar-refractivity contribution is 0.0994. The van der Waals surface area contributed by atoms with Gasteiger partial charge in [0.2, 0.25) is 0 Å². The maximum atomic E-state index is 13.5. The van der Waals surface area contributed by atoms with Crippen molar-refractivity contribution < 1.29 is 9.28 Å². The van der Waals surface area contributed by atoms with Crippen molar-refractivity contribution in [2.45, 2.75) is 6.92 Å². The summed E-state index contributed by atoms with van der Waals surface area (Å²) >= 11 is 0. The van der Waals surface area contributed by atoms with Crippen molar-refractivity contribution in [2.24, 2.45) is 5.73 Å². The van der Waals surface area contributed by atoms with Crippen LogP contribution in [0.4, 0.5) is 4.48 Å². The van der Waals surface area contributed by atoms with Crippen LogP contribution in [-0.2, 0) is 0 Å². The summed E-state index contributed by atoms with van der Waals surface area (Å²) in [6, 6.07) is 4.88. The maximum absolute atomic E-state index is 13.5. The lowest BCUT2D eigenvalue weighted by Gasteiger charge is -2.01. The molecule has 0 unspecified atom stereocenters. The second-order valence-electron chi connectivity index (χ2n) is 4.32. The van der Waals surface area contributed by atoms with E-state index in [4.69, 9.17) is 5.73 Å². The summed E-state index contributed by atoms with van der Waals surface area (Å²) in [4.78, 5) is 19.6. The number of aryl methyl sites for hydroxylation is 1. The SMILES string of the molecule is Cc1ncc(-c2ccc3c(c2)c(C(N)=O)nn3F)cn1. The third-order valence-corrected chi connectivity index (χ3v) is 2.99. The molecular weight excluding hydrogens is 261 g/mol. The molecule has 0 aliphatic carbocycles. The number of carbonyl (C=O) groups excluding carboxylic acids is 1. The van der Waals surface area contributed by atoms with Gasteiger partial charge in [-0.15, -0.1) is 5.10 Å². The third kappa shape index (κ3) is 1.89. The zero-order valence-corrected chi connectivity index (χ0v) is 10.5. The highest BCUT2D eigenvalue weighted by atomic mass is 19.2. The average molecular weight is 271 g/mol. The van der Waals surface area contributed by atoms with Crippen molar-refractivity contribution in [1.82, 2.24) is 20.0 Å². The van der Waals surface area contributed by atoms with Gasteiger partial charge in [0.15, 0.2) is 5.69 Å². The molecule has 0 aliphatic heterocycles. The third-order valence-electron chi connectivity index (χ3n) is 2.99. The smallest absolute Gasteiger partial charge is 0.269 e. The minimum absolute atomic E-state index is 0.0996. The van der Waals surface area contributed by atoms with Crippen LogP contribution in [0, 0.1) is 6.92 Å². The van der Waals surface area contributed by atoms with Gasteiger partial charge in [0.1, 0.15) is 11.3 Å². The molecule has 0 aliphatic rings. The normalized spacial score (nSPS) is 10.9. The van der Waals surface area contributed by atoms with Crippen LogP contribution in [0.1, 0.15) is 16.3 Å². The van der Waals surface area contributed by atoms with E-state index in [1.54, 1.807) is 31.5 Å². The molecule has 0 saturated carbocycles. The van der Waals surface area contributed by atoms with Crippen LogP contribution in [0.15, 0.2) is 30.6 Å². The van der Waals surface area contributed by atoms with Crippen molar-refractivity contribution in [1.29, 1.82) is 0 Å². The zero-order valence-electron chi connectivity index (χ0n) is 10.5. The molecule has 3 rings (SSSR count). The molecule has 20 heavy (non-hydrogen) atoms. The summed E-state index contributed by atoms with van der Waals surface area (Å²) in [5.74, 6) is -0.118. The number of benzene rings is 1. The van der Waals surface area contributed by atoms with Crippen molar-refractivity contribution >= 4 is 16.8 Å². The van der Waals surface area contributed by atoms with Crippen LogP contribution in [0.5, 0.6) is 0 Å². The highest BCUT2D eigenvalue weighted by Crippen LogP contribution is 2.26. The van der Waals surface area contributed by atoms with E-state index >= 15 is 0 Å². The van der Waals surface area contributed by atoms with Gasteiger partial charge in [0.25, 0.3) is 5.91 Å². The van der Waals surface area contributed by atoms with E-state index in [0.717, 1.165) is 11.1 Å². The zero-order chi connectivity index (χ0) is 14.3. The van der Waals surface area contributed by atoms with Gasteiger partial charge in [-0.3, -0.25) is 4.79 Å². The Bertz CT molecular complexity index is 809. The van der Waals surface area contributed by atoms with Gasteiger partial charge in [0, 0.05) is 23.3 Å². The number of nitrogens with zero attached hydrogens (tertiary/aromatic N) is 4. The molecule has 0 bridgehead atoms. The highest BCUT2D eigenvalue weighted by molar-refractivity contribution is 6.05. The summed E-state index contributed by atoms with van der Waals surface area (Å²) in [6.07, 6.45) is 3.32. The number of halogens is 1. The fraction of sp³-hybridized carbons (Fsp3) is 0.0769. The molecule has 7 heteroatoms. The second kappa shape index (κ2) is 4.37. The van der Waals surface area contributed by atoms with Crippen molar-refractivity contribution in [3.8, 4) is 11.1 Å². The molecule has 0 saturated heterocycles. The Labute approximate surface area is 113 Å². The van der Waals surface area contributed by atoms with Gasteiger partial charge >= 0.3 is 0 Å². The van der Waals surface area contributed by atoms with Crippen molar-refractivity contribution in [3.63, 3.8) is 0 Å². The Morgan fingerprint density at radius 1 is 1.25 bits per heavy atom. The Morgan fingerprint density at radius 2 is 1.95 bits per heavy atom. The largest absolute Gasteiger partial charge is 0.364 e. The molecule has 0 radical (unpaired) electrons. The monoisotopic (exact) mass is 271 g/mol. The van der Waals surface area contributed by atoms with Gasteiger partial charge in [-0.1, -0.05) is 15.5 Å². The molecule has 2 N–H and O–H groups in total. The number of nitrogens with two attached hydrogens (primary N) is 1. The molecule has 1 aromatic carbocycles. The minimum atomic E-state index is -0.774.